The van der Waals surface area contributed by atoms with Crippen LogP contribution in [0.15, 0.2) is 78.0 Å². The Morgan fingerprint density at radius 1 is 1.04 bits per heavy atom. The summed E-state index contributed by atoms with van der Waals surface area (Å²) < 4.78 is 1.42. The third kappa shape index (κ3) is 4.45. The van der Waals surface area contributed by atoms with Crippen molar-refractivity contribution in [1.29, 1.82) is 0 Å². The molecule has 3 aromatic rings. The lowest BCUT2D eigenvalue weighted by Crippen LogP contribution is -2.33. The van der Waals surface area contributed by atoms with E-state index in [2.05, 4.69) is 17.1 Å². The first kappa shape index (κ1) is 17.6. The Bertz CT molecular complexity index is 921. The number of carbonyl (C=O) groups excluding carboxylic acids is 1. The predicted octanol–water partition coefficient (Wildman–Crippen LogP) is 2.67. The normalized spacial score (nSPS) is 10.5. The Morgan fingerprint density at radius 2 is 1.81 bits per heavy atom. The summed E-state index contributed by atoms with van der Waals surface area (Å²) in [6.45, 7) is 1.06. The number of aromatic nitrogens is 2. The van der Waals surface area contributed by atoms with Crippen LogP contribution in [0.25, 0.3) is 0 Å². The van der Waals surface area contributed by atoms with Crippen molar-refractivity contribution in [3.8, 4) is 0 Å². The Hall–Kier alpha value is -3.21. The molecular formula is C21H21N3O2. The molecule has 5 heteroatoms. The average Bonchev–Trinajstić information content (AvgIpc) is 2.68. The van der Waals surface area contributed by atoms with E-state index in [9.17, 15) is 9.59 Å². The van der Waals surface area contributed by atoms with E-state index in [-0.39, 0.29) is 11.5 Å². The highest BCUT2D eigenvalue weighted by Gasteiger charge is 2.17. The molecule has 0 fully saturated rings. The van der Waals surface area contributed by atoms with Crippen molar-refractivity contribution < 1.29 is 4.79 Å². The summed E-state index contributed by atoms with van der Waals surface area (Å²) in [6, 6.07) is 16.9. The van der Waals surface area contributed by atoms with Crippen LogP contribution in [0, 0.1) is 0 Å². The molecule has 0 saturated carbocycles. The minimum Gasteiger partial charge on any atom is -0.334 e. The summed E-state index contributed by atoms with van der Waals surface area (Å²) >= 11 is 0. The summed E-state index contributed by atoms with van der Waals surface area (Å²) in [5.41, 5.74) is 2.52. The third-order valence-electron chi connectivity index (χ3n) is 4.23. The lowest BCUT2D eigenvalue weighted by molar-refractivity contribution is 0.0744. The van der Waals surface area contributed by atoms with Crippen LogP contribution in [-0.4, -0.2) is 26.9 Å². The second-order valence-corrected chi connectivity index (χ2v) is 6.19. The fourth-order valence-corrected chi connectivity index (χ4v) is 2.78. The van der Waals surface area contributed by atoms with Crippen molar-refractivity contribution >= 4 is 5.91 Å². The fraction of sp³-hybridized carbons (Fsp3) is 0.190. The summed E-state index contributed by atoms with van der Waals surface area (Å²) in [4.78, 5) is 30.5. The van der Waals surface area contributed by atoms with Gasteiger partial charge < -0.3 is 9.47 Å². The van der Waals surface area contributed by atoms with Gasteiger partial charge in [0.05, 0.1) is 5.56 Å². The summed E-state index contributed by atoms with van der Waals surface area (Å²) in [7, 11) is 1.65. The standard InChI is InChI=1S/C21H21N3O2/c1-23-16-19(9-10-20(23)25)21(26)24(15-18-8-5-12-22-14-18)13-11-17-6-3-2-4-7-17/h2-10,12,14,16H,11,13,15H2,1H3. The third-order valence-corrected chi connectivity index (χ3v) is 4.23. The van der Waals surface area contributed by atoms with Crippen molar-refractivity contribution in [3.63, 3.8) is 0 Å². The van der Waals surface area contributed by atoms with Crippen molar-refractivity contribution in [2.45, 2.75) is 13.0 Å². The van der Waals surface area contributed by atoms with E-state index >= 15 is 0 Å². The van der Waals surface area contributed by atoms with E-state index in [0.29, 0.717) is 18.7 Å². The first-order valence-corrected chi connectivity index (χ1v) is 8.52. The van der Waals surface area contributed by atoms with Gasteiger partial charge in [-0.15, -0.1) is 0 Å². The van der Waals surface area contributed by atoms with Crippen molar-refractivity contribution in [2.75, 3.05) is 6.54 Å². The number of rotatable bonds is 6. The van der Waals surface area contributed by atoms with Gasteiger partial charge in [-0.05, 0) is 29.7 Å². The van der Waals surface area contributed by atoms with E-state index in [4.69, 9.17) is 0 Å². The molecule has 0 unspecified atom stereocenters. The number of aryl methyl sites for hydroxylation is 1. The highest BCUT2D eigenvalue weighted by molar-refractivity contribution is 5.93. The first-order chi connectivity index (χ1) is 12.6. The lowest BCUT2D eigenvalue weighted by Gasteiger charge is -2.23. The van der Waals surface area contributed by atoms with E-state index in [1.165, 1.54) is 16.2 Å². The molecule has 132 valence electrons. The SMILES string of the molecule is Cn1cc(C(=O)N(CCc2ccccc2)Cc2cccnc2)ccc1=O. The maximum absolute atomic E-state index is 13.0. The molecule has 0 spiro atoms. The summed E-state index contributed by atoms with van der Waals surface area (Å²) in [5, 5.41) is 0. The minimum atomic E-state index is -0.135. The van der Waals surface area contributed by atoms with Crippen LogP contribution in [0.1, 0.15) is 21.5 Å². The maximum Gasteiger partial charge on any atom is 0.255 e. The highest BCUT2D eigenvalue weighted by atomic mass is 16.2. The number of hydrogen-bond acceptors (Lipinski definition) is 3. The van der Waals surface area contributed by atoms with Crippen LogP contribution in [-0.2, 0) is 20.0 Å². The summed E-state index contributed by atoms with van der Waals surface area (Å²) in [6.07, 6.45) is 5.83. The predicted molar refractivity (Wildman–Crippen MR) is 101 cm³/mol. The van der Waals surface area contributed by atoms with Crippen molar-refractivity contribution in [3.05, 3.63) is 100 Å². The van der Waals surface area contributed by atoms with Gasteiger partial charge in [-0.1, -0.05) is 36.4 Å². The number of pyridine rings is 2. The molecule has 2 aromatic heterocycles. The van der Waals surface area contributed by atoms with Crippen molar-refractivity contribution in [1.82, 2.24) is 14.5 Å². The van der Waals surface area contributed by atoms with Crippen LogP contribution in [0.4, 0.5) is 0 Å². The molecule has 0 saturated heterocycles. The molecular weight excluding hydrogens is 326 g/mol. The van der Waals surface area contributed by atoms with Gasteiger partial charge in [-0.2, -0.15) is 0 Å². The van der Waals surface area contributed by atoms with Gasteiger partial charge in [0.15, 0.2) is 0 Å². The van der Waals surface area contributed by atoms with Crippen LogP contribution >= 0.6 is 0 Å². The molecule has 1 amide bonds. The number of benzene rings is 1. The van der Waals surface area contributed by atoms with Gasteiger partial charge in [0.2, 0.25) is 5.56 Å². The molecule has 0 N–H and O–H groups in total. The van der Waals surface area contributed by atoms with Gasteiger partial charge >= 0.3 is 0 Å². The van der Waals surface area contributed by atoms with Crippen LogP contribution in [0.5, 0.6) is 0 Å². The first-order valence-electron chi connectivity index (χ1n) is 8.52. The Morgan fingerprint density at radius 3 is 2.50 bits per heavy atom. The van der Waals surface area contributed by atoms with Gasteiger partial charge in [0, 0.05) is 44.8 Å². The fourth-order valence-electron chi connectivity index (χ4n) is 2.78. The van der Waals surface area contributed by atoms with E-state index in [0.717, 1.165) is 12.0 Å². The van der Waals surface area contributed by atoms with Crippen molar-refractivity contribution in [2.24, 2.45) is 7.05 Å². The highest BCUT2D eigenvalue weighted by Crippen LogP contribution is 2.11. The van der Waals surface area contributed by atoms with E-state index in [1.807, 2.05) is 30.3 Å². The Kier molecular flexibility index (Phi) is 5.59. The van der Waals surface area contributed by atoms with Gasteiger partial charge in [-0.25, -0.2) is 0 Å². The molecule has 0 radical (unpaired) electrons. The van der Waals surface area contributed by atoms with Crippen LogP contribution < -0.4 is 5.56 Å². The topological polar surface area (TPSA) is 55.2 Å². The molecule has 1 aromatic carbocycles. The summed E-state index contributed by atoms with van der Waals surface area (Å²) in [5.74, 6) is -0.0969. The van der Waals surface area contributed by atoms with Gasteiger partial charge in [0.25, 0.3) is 5.91 Å². The van der Waals surface area contributed by atoms with E-state index < -0.39 is 0 Å². The van der Waals surface area contributed by atoms with E-state index in [1.54, 1.807) is 36.6 Å². The van der Waals surface area contributed by atoms with Gasteiger partial charge in [-0.3, -0.25) is 14.6 Å². The number of nitrogens with zero attached hydrogens (tertiary/aromatic N) is 3. The largest absolute Gasteiger partial charge is 0.334 e. The molecule has 0 aliphatic rings. The zero-order chi connectivity index (χ0) is 18.4. The smallest absolute Gasteiger partial charge is 0.255 e. The number of carbonyl (C=O) groups is 1. The molecule has 0 atom stereocenters. The Labute approximate surface area is 152 Å². The second kappa shape index (κ2) is 8.25. The van der Waals surface area contributed by atoms with Crippen LogP contribution in [0.2, 0.25) is 0 Å². The Balaban J connectivity index is 1.82. The molecule has 2 heterocycles. The quantitative estimate of drug-likeness (QED) is 0.689. The van der Waals surface area contributed by atoms with Gasteiger partial charge in [0.1, 0.15) is 0 Å². The monoisotopic (exact) mass is 347 g/mol. The molecule has 5 nitrogen and oxygen atoms in total. The molecule has 3 rings (SSSR count). The zero-order valence-corrected chi connectivity index (χ0v) is 14.7. The molecule has 0 aliphatic heterocycles. The number of amides is 1. The molecule has 0 bridgehead atoms. The maximum atomic E-state index is 13.0. The zero-order valence-electron chi connectivity index (χ0n) is 14.7. The molecule has 26 heavy (non-hydrogen) atoms. The second-order valence-electron chi connectivity index (χ2n) is 6.19. The average molecular weight is 347 g/mol. The lowest BCUT2D eigenvalue weighted by atomic mass is 10.1. The minimum absolute atomic E-state index is 0.0969. The van der Waals surface area contributed by atoms with Crippen LogP contribution in [0.3, 0.4) is 0 Å². The molecule has 0 aliphatic carbocycles. The number of hydrogen-bond donors (Lipinski definition) is 0.